The highest BCUT2D eigenvalue weighted by molar-refractivity contribution is 5.95. The molecule has 2 N–H and O–H groups in total. The van der Waals surface area contributed by atoms with E-state index in [1.54, 1.807) is 6.07 Å². The summed E-state index contributed by atoms with van der Waals surface area (Å²) < 4.78 is 0. The molecule has 0 atom stereocenters. The first-order valence-corrected chi connectivity index (χ1v) is 12.7. The highest BCUT2D eigenvalue weighted by Crippen LogP contribution is 2.50. The molecule has 38 heavy (non-hydrogen) atoms. The molecule has 3 heteroatoms. The van der Waals surface area contributed by atoms with Gasteiger partial charge in [-0.3, -0.25) is 0 Å². The zero-order valence-corrected chi connectivity index (χ0v) is 21.8. The highest BCUT2D eigenvalue weighted by Gasteiger charge is 2.42. The van der Waals surface area contributed by atoms with Crippen molar-refractivity contribution >= 4 is 5.97 Å². The minimum Gasteiger partial charge on any atom is -0.506 e. The molecule has 0 aliphatic rings. The van der Waals surface area contributed by atoms with Crippen LogP contribution in [0, 0.1) is 20.8 Å². The lowest BCUT2D eigenvalue weighted by Gasteiger charge is -2.40. The molecule has 0 saturated carbocycles. The third-order valence-electron chi connectivity index (χ3n) is 7.51. The molecule has 5 aromatic rings. The van der Waals surface area contributed by atoms with Crippen LogP contribution in [0.4, 0.5) is 0 Å². The van der Waals surface area contributed by atoms with E-state index in [9.17, 15) is 15.0 Å². The molecular weight excluding hydrogens is 468 g/mol. The Morgan fingerprint density at radius 3 is 1.45 bits per heavy atom. The number of hydrogen-bond donors (Lipinski definition) is 2. The fourth-order valence-electron chi connectivity index (χ4n) is 5.73. The van der Waals surface area contributed by atoms with Crippen molar-refractivity contribution in [3.05, 3.63) is 160 Å². The summed E-state index contributed by atoms with van der Waals surface area (Å²) in [4.78, 5) is 12.5. The summed E-state index contributed by atoms with van der Waals surface area (Å²) in [7, 11) is 0. The van der Waals surface area contributed by atoms with Crippen LogP contribution < -0.4 is 0 Å². The first-order valence-electron chi connectivity index (χ1n) is 12.7. The molecular formula is C35H30O3. The monoisotopic (exact) mass is 498 g/mol. The van der Waals surface area contributed by atoms with Crippen LogP contribution in [-0.2, 0) is 5.41 Å². The van der Waals surface area contributed by atoms with E-state index in [1.807, 2.05) is 72.8 Å². The van der Waals surface area contributed by atoms with Crippen LogP contribution in [0.3, 0.4) is 0 Å². The Morgan fingerprint density at radius 2 is 1.03 bits per heavy atom. The second-order valence-corrected chi connectivity index (χ2v) is 9.79. The standard InChI is InChI=1S/C35H30O3/c1-23-13-7-10-18-30(23)35(31-19-11-8-14-24(31)2,32-20-12-9-15-25(32)3)27-21-28(26-16-5-4-6-17-26)33(36)29(22-27)34(37)38/h4-22,36H,1-3H3,(H,37,38). The van der Waals surface area contributed by atoms with Gasteiger partial charge in [-0.25, -0.2) is 4.79 Å². The van der Waals surface area contributed by atoms with Crippen molar-refractivity contribution in [3.63, 3.8) is 0 Å². The quantitative estimate of drug-likeness (QED) is 0.233. The molecule has 0 bridgehead atoms. The van der Waals surface area contributed by atoms with Gasteiger partial charge >= 0.3 is 5.97 Å². The van der Waals surface area contributed by atoms with Crippen LogP contribution in [0.1, 0.15) is 49.3 Å². The van der Waals surface area contributed by atoms with E-state index in [1.165, 1.54) is 0 Å². The first-order chi connectivity index (χ1) is 18.4. The largest absolute Gasteiger partial charge is 0.506 e. The molecule has 5 aromatic carbocycles. The maximum atomic E-state index is 12.5. The molecule has 3 nitrogen and oxygen atoms in total. The van der Waals surface area contributed by atoms with Gasteiger partial charge in [-0.2, -0.15) is 0 Å². The van der Waals surface area contributed by atoms with Crippen LogP contribution >= 0.6 is 0 Å². The molecule has 0 saturated heterocycles. The summed E-state index contributed by atoms with van der Waals surface area (Å²) in [5.41, 5.74) is 7.50. The summed E-state index contributed by atoms with van der Waals surface area (Å²) in [6, 6.07) is 37.9. The average molecular weight is 499 g/mol. The summed E-state index contributed by atoms with van der Waals surface area (Å²) >= 11 is 0. The lowest BCUT2D eigenvalue weighted by molar-refractivity contribution is 0.0693. The number of carbonyl (C=O) groups is 1. The molecule has 188 valence electrons. The molecule has 0 amide bonds. The first kappa shape index (κ1) is 25.0. The Bertz CT molecular complexity index is 1520. The van der Waals surface area contributed by atoms with Crippen molar-refractivity contribution in [2.75, 3.05) is 0 Å². The average Bonchev–Trinajstić information content (AvgIpc) is 2.92. The van der Waals surface area contributed by atoms with E-state index in [0.717, 1.165) is 44.5 Å². The van der Waals surface area contributed by atoms with Crippen molar-refractivity contribution in [1.29, 1.82) is 0 Å². The number of aromatic carboxylic acids is 1. The number of benzene rings is 5. The van der Waals surface area contributed by atoms with Crippen LogP contribution in [0.15, 0.2) is 115 Å². The van der Waals surface area contributed by atoms with Gasteiger partial charge in [0, 0.05) is 5.56 Å². The predicted octanol–water partition coefficient (Wildman–Crippen LogP) is 8.07. The van der Waals surface area contributed by atoms with Gasteiger partial charge in [-0.1, -0.05) is 103 Å². The lowest BCUT2D eigenvalue weighted by atomic mass is 9.61. The van der Waals surface area contributed by atoms with Gasteiger partial charge in [0.05, 0.1) is 5.41 Å². The van der Waals surface area contributed by atoms with Gasteiger partial charge in [-0.05, 0) is 77.4 Å². The van der Waals surface area contributed by atoms with Crippen molar-refractivity contribution in [2.45, 2.75) is 26.2 Å². The summed E-state index contributed by atoms with van der Waals surface area (Å²) in [6.07, 6.45) is 0. The maximum Gasteiger partial charge on any atom is 0.339 e. The number of aryl methyl sites for hydroxylation is 3. The second kappa shape index (κ2) is 10.0. The molecule has 0 aliphatic carbocycles. The molecule has 0 fully saturated rings. The van der Waals surface area contributed by atoms with Gasteiger partial charge in [0.1, 0.15) is 11.3 Å². The van der Waals surface area contributed by atoms with Crippen LogP contribution in [-0.4, -0.2) is 16.2 Å². The van der Waals surface area contributed by atoms with Crippen molar-refractivity contribution < 1.29 is 15.0 Å². The Kier molecular flexibility index (Phi) is 6.61. The normalized spacial score (nSPS) is 11.3. The van der Waals surface area contributed by atoms with Gasteiger partial charge in [-0.15, -0.1) is 0 Å². The van der Waals surface area contributed by atoms with Gasteiger partial charge in [0.25, 0.3) is 0 Å². The SMILES string of the molecule is Cc1ccccc1C(c1cc(C(=O)O)c(O)c(-c2ccccc2)c1)(c1ccccc1C)c1ccccc1C. The number of hydrogen-bond acceptors (Lipinski definition) is 2. The van der Waals surface area contributed by atoms with Crippen molar-refractivity contribution in [2.24, 2.45) is 0 Å². The van der Waals surface area contributed by atoms with Gasteiger partial charge in [0.15, 0.2) is 0 Å². The summed E-state index contributed by atoms with van der Waals surface area (Å²) in [6.45, 7) is 6.28. The second-order valence-electron chi connectivity index (χ2n) is 9.79. The molecule has 0 radical (unpaired) electrons. The molecule has 0 heterocycles. The van der Waals surface area contributed by atoms with Gasteiger partial charge < -0.3 is 10.2 Å². The number of carboxylic acid groups (broad SMARTS) is 1. The molecule has 5 rings (SSSR count). The van der Waals surface area contributed by atoms with Crippen LogP contribution in [0.25, 0.3) is 11.1 Å². The molecule has 0 unspecified atom stereocenters. The maximum absolute atomic E-state index is 12.5. The minimum absolute atomic E-state index is 0.124. The zero-order chi connectivity index (χ0) is 26.9. The molecule has 0 spiro atoms. The van der Waals surface area contributed by atoms with Gasteiger partial charge in [0.2, 0.25) is 0 Å². The molecule has 0 aliphatic heterocycles. The Morgan fingerprint density at radius 1 is 0.605 bits per heavy atom. The summed E-state index contributed by atoms with van der Waals surface area (Å²) in [5, 5.41) is 21.4. The highest BCUT2D eigenvalue weighted by atomic mass is 16.4. The predicted molar refractivity (Wildman–Crippen MR) is 153 cm³/mol. The topological polar surface area (TPSA) is 57.5 Å². The zero-order valence-electron chi connectivity index (χ0n) is 21.8. The van der Waals surface area contributed by atoms with E-state index in [2.05, 4.69) is 57.2 Å². The third-order valence-corrected chi connectivity index (χ3v) is 7.51. The minimum atomic E-state index is -1.17. The Hall–Kier alpha value is -4.63. The van der Waals surface area contributed by atoms with Crippen LogP contribution in [0.5, 0.6) is 5.75 Å². The van der Waals surface area contributed by atoms with E-state index < -0.39 is 11.4 Å². The Balaban J connectivity index is 2.04. The number of phenols is 1. The number of carboxylic acids is 1. The number of aromatic hydroxyl groups is 1. The summed E-state index contributed by atoms with van der Waals surface area (Å²) in [5.74, 6) is -1.41. The smallest absolute Gasteiger partial charge is 0.339 e. The lowest BCUT2D eigenvalue weighted by Crippen LogP contribution is -2.34. The fraction of sp³-hybridized carbons (Fsp3) is 0.114. The fourth-order valence-corrected chi connectivity index (χ4v) is 5.73. The van der Waals surface area contributed by atoms with Crippen LogP contribution in [0.2, 0.25) is 0 Å². The molecule has 0 aromatic heterocycles. The van der Waals surface area contributed by atoms with E-state index in [-0.39, 0.29) is 11.3 Å². The third kappa shape index (κ3) is 4.06. The van der Waals surface area contributed by atoms with Crippen molar-refractivity contribution in [3.8, 4) is 16.9 Å². The Labute approximate surface area is 223 Å². The van der Waals surface area contributed by atoms with E-state index >= 15 is 0 Å². The van der Waals surface area contributed by atoms with E-state index in [4.69, 9.17) is 0 Å². The van der Waals surface area contributed by atoms with E-state index in [0.29, 0.717) is 5.56 Å². The van der Waals surface area contributed by atoms with Crippen molar-refractivity contribution in [1.82, 2.24) is 0 Å². The number of rotatable bonds is 6.